The lowest BCUT2D eigenvalue weighted by Gasteiger charge is -2.21. The van der Waals surface area contributed by atoms with Crippen molar-refractivity contribution in [2.24, 2.45) is 0 Å². The summed E-state index contributed by atoms with van der Waals surface area (Å²) in [6, 6.07) is 2.30. The van der Waals surface area contributed by atoms with Crippen LogP contribution in [-0.4, -0.2) is 32.4 Å². The Kier molecular flexibility index (Phi) is 3.67. The Labute approximate surface area is 122 Å². The molecule has 0 saturated carbocycles. The molecule has 1 N–H and O–H groups in total. The Bertz CT molecular complexity index is 618. The molecule has 1 aliphatic rings. The number of nitrogens with zero attached hydrogens (tertiary/aromatic N) is 3. The summed E-state index contributed by atoms with van der Waals surface area (Å²) in [5, 5.41) is 9.29. The topological polar surface area (TPSA) is 61.9 Å². The van der Waals surface area contributed by atoms with Crippen molar-refractivity contribution < 1.29 is 4.79 Å². The Morgan fingerprint density at radius 2 is 2.45 bits per heavy atom. The molecule has 2 aromatic heterocycles. The van der Waals surface area contributed by atoms with Crippen LogP contribution in [0.25, 0.3) is 0 Å². The maximum absolute atomic E-state index is 11.4. The van der Waals surface area contributed by atoms with Gasteiger partial charge in [-0.05, 0) is 50.2 Å². The van der Waals surface area contributed by atoms with Gasteiger partial charge in [-0.3, -0.25) is 14.8 Å². The van der Waals surface area contributed by atoms with Gasteiger partial charge < -0.3 is 0 Å². The predicted molar refractivity (Wildman–Crippen MR) is 77.8 cm³/mol. The van der Waals surface area contributed by atoms with Crippen LogP contribution in [0.15, 0.2) is 11.4 Å². The van der Waals surface area contributed by atoms with E-state index in [-0.39, 0.29) is 5.78 Å². The first-order chi connectivity index (χ1) is 9.63. The zero-order valence-corrected chi connectivity index (χ0v) is 12.5. The van der Waals surface area contributed by atoms with E-state index < -0.39 is 0 Å². The highest BCUT2D eigenvalue weighted by molar-refractivity contribution is 7.12. The smallest absolute Gasteiger partial charge is 0.169 e. The van der Waals surface area contributed by atoms with E-state index in [1.54, 1.807) is 6.92 Å². The number of nitrogens with one attached hydrogen (secondary N) is 1. The fraction of sp³-hybridized carbons (Fsp3) is 0.500. The molecule has 1 atom stereocenters. The standard InChI is InChI=1S/C14H18N4OS/c1-9(19)13-6-11(8-20-13)7-18-5-3-4-12(18)14-15-10(2)16-17-14/h6,8,12H,3-5,7H2,1-2H3,(H,15,16,17)/t12-/m0/s1. The second kappa shape index (κ2) is 5.46. The van der Waals surface area contributed by atoms with Crippen LogP contribution in [0.5, 0.6) is 0 Å². The number of likely N-dealkylation sites (tertiary alicyclic amines) is 1. The predicted octanol–water partition coefficient (Wildman–Crippen LogP) is 2.71. The van der Waals surface area contributed by atoms with Crippen LogP contribution in [0.3, 0.4) is 0 Å². The van der Waals surface area contributed by atoms with E-state index in [9.17, 15) is 4.79 Å². The van der Waals surface area contributed by atoms with E-state index in [0.29, 0.717) is 6.04 Å². The third-order valence-electron chi connectivity index (χ3n) is 3.66. The van der Waals surface area contributed by atoms with Crippen molar-refractivity contribution in [2.75, 3.05) is 6.54 Å². The summed E-state index contributed by atoms with van der Waals surface area (Å²) < 4.78 is 0. The molecule has 1 saturated heterocycles. The zero-order chi connectivity index (χ0) is 14.1. The molecule has 0 unspecified atom stereocenters. The lowest BCUT2D eigenvalue weighted by molar-refractivity contribution is 0.102. The van der Waals surface area contributed by atoms with Gasteiger partial charge in [0.05, 0.1) is 10.9 Å². The van der Waals surface area contributed by atoms with Crippen molar-refractivity contribution in [1.29, 1.82) is 0 Å². The number of H-pyrrole nitrogens is 1. The van der Waals surface area contributed by atoms with E-state index in [0.717, 1.165) is 36.0 Å². The van der Waals surface area contributed by atoms with Crippen LogP contribution < -0.4 is 0 Å². The Morgan fingerprint density at radius 1 is 1.60 bits per heavy atom. The minimum Gasteiger partial charge on any atom is -0.294 e. The first-order valence-electron chi connectivity index (χ1n) is 6.85. The fourth-order valence-electron chi connectivity index (χ4n) is 2.69. The summed E-state index contributed by atoms with van der Waals surface area (Å²) >= 11 is 1.53. The van der Waals surface area contributed by atoms with Crippen molar-refractivity contribution in [3.63, 3.8) is 0 Å². The average molecular weight is 290 g/mol. The number of thiophene rings is 1. The van der Waals surface area contributed by atoms with Crippen LogP contribution >= 0.6 is 11.3 Å². The lowest BCUT2D eigenvalue weighted by Crippen LogP contribution is -2.23. The number of aryl methyl sites for hydroxylation is 1. The number of hydrogen-bond donors (Lipinski definition) is 1. The number of ketones is 1. The molecule has 0 amide bonds. The van der Waals surface area contributed by atoms with Crippen LogP contribution in [0.2, 0.25) is 0 Å². The van der Waals surface area contributed by atoms with E-state index in [2.05, 4.69) is 25.5 Å². The number of aromatic amines is 1. The van der Waals surface area contributed by atoms with E-state index in [1.807, 2.05) is 13.0 Å². The molecule has 3 rings (SSSR count). The number of hydrogen-bond acceptors (Lipinski definition) is 5. The molecule has 106 valence electrons. The van der Waals surface area contributed by atoms with Crippen molar-refractivity contribution in [3.05, 3.63) is 33.5 Å². The minimum atomic E-state index is 0.142. The summed E-state index contributed by atoms with van der Waals surface area (Å²) in [7, 11) is 0. The maximum Gasteiger partial charge on any atom is 0.169 e. The number of aromatic nitrogens is 3. The quantitative estimate of drug-likeness (QED) is 0.879. The Morgan fingerprint density at radius 3 is 3.10 bits per heavy atom. The molecular weight excluding hydrogens is 272 g/mol. The first-order valence-corrected chi connectivity index (χ1v) is 7.73. The van der Waals surface area contributed by atoms with Crippen molar-refractivity contribution in [2.45, 2.75) is 39.3 Å². The van der Waals surface area contributed by atoms with Crippen molar-refractivity contribution >= 4 is 17.1 Å². The molecule has 5 nitrogen and oxygen atoms in total. The van der Waals surface area contributed by atoms with Gasteiger partial charge in [0, 0.05) is 6.54 Å². The molecule has 20 heavy (non-hydrogen) atoms. The molecular formula is C14H18N4OS. The molecule has 6 heteroatoms. The van der Waals surface area contributed by atoms with Crippen LogP contribution in [0.4, 0.5) is 0 Å². The molecule has 3 heterocycles. The lowest BCUT2D eigenvalue weighted by atomic mass is 10.2. The highest BCUT2D eigenvalue weighted by Gasteiger charge is 2.29. The Balaban J connectivity index is 1.73. The van der Waals surface area contributed by atoms with Gasteiger partial charge in [-0.15, -0.1) is 11.3 Å². The second-order valence-corrected chi connectivity index (χ2v) is 6.19. The summed E-state index contributed by atoms with van der Waals surface area (Å²) in [5.41, 5.74) is 1.21. The van der Waals surface area contributed by atoms with Gasteiger partial charge in [0.25, 0.3) is 0 Å². The fourth-order valence-corrected chi connectivity index (χ4v) is 3.50. The van der Waals surface area contributed by atoms with Gasteiger partial charge in [-0.1, -0.05) is 0 Å². The monoisotopic (exact) mass is 290 g/mol. The summed E-state index contributed by atoms with van der Waals surface area (Å²) in [4.78, 5) is 19.1. The summed E-state index contributed by atoms with van der Waals surface area (Å²) in [6.45, 7) is 5.46. The van der Waals surface area contributed by atoms with Crippen molar-refractivity contribution in [1.82, 2.24) is 20.1 Å². The maximum atomic E-state index is 11.4. The van der Waals surface area contributed by atoms with Gasteiger partial charge >= 0.3 is 0 Å². The minimum absolute atomic E-state index is 0.142. The molecule has 0 aromatic carbocycles. The van der Waals surface area contributed by atoms with E-state index in [4.69, 9.17) is 0 Å². The van der Waals surface area contributed by atoms with Crippen molar-refractivity contribution in [3.8, 4) is 0 Å². The number of carbonyl (C=O) groups is 1. The van der Waals surface area contributed by atoms with Crippen LogP contribution in [0, 0.1) is 6.92 Å². The van der Waals surface area contributed by atoms with Crippen LogP contribution in [-0.2, 0) is 6.54 Å². The molecule has 1 fully saturated rings. The number of Topliss-reactive ketones (excluding diaryl/α,β-unsaturated/α-hetero) is 1. The van der Waals surface area contributed by atoms with Gasteiger partial charge in [0.2, 0.25) is 0 Å². The molecule has 0 radical (unpaired) electrons. The highest BCUT2D eigenvalue weighted by Crippen LogP contribution is 2.31. The van der Waals surface area contributed by atoms with Gasteiger partial charge in [0.1, 0.15) is 5.82 Å². The second-order valence-electron chi connectivity index (χ2n) is 5.28. The van der Waals surface area contributed by atoms with E-state index in [1.165, 1.54) is 23.3 Å². The third kappa shape index (κ3) is 2.66. The van der Waals surface area contributed by atoms with Gasteiger partial charge in [-0.2, -0.15) is 5.10 Å². The average Bonchev–Trinajstić information content (AvgIpc) is 3.09. The molecule has 0 spiro atoms. The first kappa shape index (κ1) is 13.5. The number of rotatable bonds is 4. The van der Waals surface area contributed by atoms with E-state index >= 15 is 0 Å². The normalized spacial score (nSPS) is 19.6. The highest BCUT2D eigenvalue weighted by atomic mass is 32.1. The van der Waals surface area contributed by atoms with Crippen LogP contribution in [0.1, 0.15) is 52.7 Å². The molecule has 0 aliphatic carbocycles. The third-order valence-corrected chi connectivity index (χ3v) is 4.74. The summed E-state index contributed by atoms with van der Waals surface area (Å²) in [6.07, 6.45) is 2.27. The number of carbonyl (C=O) groups excluding carboxylic acids is 1. The van der Waals surface area contributed by atoms with Gasteiger partial charge in [-0.25, -0.2) is 4.98 Å². The zero-order valence-electron chi connectivity index (χ0n) is 11.7. The Hall–Kier alpha value is -1.53. The molecule has 2 aromatic rings. The summed E-state index contributed by atoms with van der Waals surface area (Å²) in [5.74, 6) is 1.90. The SMILES string of the molecule is CC(=O)c1cc(CN2CCC[C@H]2c2n[nH]c(C)n2)cs1. The molecule has 0 bridgehead atoms. The largest absolute Gasteiger partial charge is 0.294 e. The molecule has 1 aliphatic heterocycles. The van der Waals surface area contributed by atoms with Gasteiger partial charge in [0.15, 0.2) is 11.6 Å².